The number of rotatable bonds is 7. The predicted molar refractivity (Wildman–Crippen MR) is 121 cm³/mol. The summed E-state index contributed by atoms with van der Waals surface area (Å²) in [5.41, 5.74) is 8.66. The van der Waals surface area contributed by atoms with Gasteiger partial charge in [0.2, 0.25) is 11.8 Å². The molecule has 186 valence electrons. The predicted octanol–water partition coefficient (Wildman–Crippen LogP) is 2.78. The lowest BCUT2D eigenvalue weighted by molar-refractivity contribution is -0.144. The van der Waals surface area contributed by atoms with Crippen molar-refractivity contribution in [1.29, 1.82) is 0 Å². The van der Waals surface area contributed by atoms with Crippen molar-refractivity contribution in [2.75, 3.05) is 11.9 Å². The molecule has 9 nitrogen and oxygen atoms in total. The van der Waals surface area contributed by atoms with Gasteiger partial charge in [0, 0.05) is 30.0 Å². The molecule has 1 unspecified atom stereocenters. The average Bonchev–Trinajstić information content (AvgIpc) is 3.41. The highest BCUT2D eigenvalue weighted by Gasteiger charge is 2.37. The first-order chi connectivity index (χ1) is 16.5. The smallest absolute Gasteiger partial charge is 0.368 e. The minimum Gasteiger partial charge on any atom is -0.368 e. The summed E-state index contributed by atoms with van der Waals surface area (Å²) >= 11 is 0. The third kappa shape index (κ3) is 5.42. The molecule has 1 aliphatic rings. The van der Waals surface area contributed by atoms with Crippen molar-refractivity contribution in [2.45, 2.75) is 58.3 Å². The zero-order valence-electron chi connectivity index (χ0n) is 19.4. The minimum atomic E-state index is -4.67. The summed E-state index contributed by atoms with van der Waals surface area (Å²) in [5.74, 6) is -1.95. The number of benzene rings is 1. The van der Waals surface area contributed by atoms with Gasteiger partial charge >= 0.3 is 6.18 Å². The molecule has 3 N–H and O–H groups in total. The van der Waals surface area contributed by atoms with Crippen molar-refractivity contribution in [1.82, 2.24) is 24.5 Å². The molecule has 1 fully saturated rings. The summed E-state index contributed by atoms with van der Waals surface area (Å²) in [6, 6.07) is 7.10. The molecule has 1 saturated heterocycles. The number of hydrogen-bond donors (Lipinski definition) is 2. The van der Waals surface area contributed by atoms with Crippen molar-refractivity contribution in [2.24, 2.45) is 5.73 Å². The Kier molecular flexibility index (Phi) is 6.75. The molecule has 0 spiro atoms. The number of anilines is 1. The second kappa shape index (κ2) is 9.61. The molecule has 2 amide bonds. The van der Waals surface area contributed by atoms with E-state index in [2.05, 4.69) is 20.4 Å². The summed E-state index contributed by atoms with van der Waals surface area (Å²) in [6.45, 7) is 4.64. The van der Waals surface area contributed by atoms with Gasteiger partial charge in [-0.2, -0.15) is 18.2 Å². The number of fused-ring (bicyclic) bond motifs is 1. The van der Waals surface area contributed by atoms with E-state index in [0.29, 0.717) is 29.2 Å². The van der Waals surface area contributed by atoms with E-state index in [1.165, 1.54) is 0 Å². The van der Waals surface area contributed by atoms with Crippen molar-refractivity contribution in [3.8, 4) is 0 Å². The zero-order chi connectivity index (χ0) is 25.3. The number of nitrogens with two attached hydrogens (primary N) is 1. The zero-order valence-corrected chi connectivity index (χ0v) is 19.4. The standard InChI is InChI=1S/C23H26F3N7O2/c1-13-17(14(2)33-22(28-13)30-21(31-33)23(24,25)26)8-9-19(34)29-16-6-3-5-15(11-16)12-32-10-4-7-18(32)20(27)35/h3,5-6,11,18H,4,7-10,12H2,1-2H3,(H2,27,35)(H,29,34). The lowest BCUT2D eigenvalue weighted by Gasteiger charge is -2.22. The minimum absolute atomic E-state index is 0.107. The largest absolute Gasteiger partial charge is 0.453 e. The third-order valence-electron chi connectivity index (χ3n) is 6.19. The van der Waals surface area contributed by atoms with Crippen LogP contribution in [-0.4, -0.2) is 48.9 Å². The van der Waals surface area contributed by atoms with Crippen LogP contribution < -0.4 is 11.1 Å². The van der Waals surface area contributed by atoms with Crippen LogP contribution in [0, 0.1) is 13.8 Å². The highest BCUT2D eigenvalue weighted by atomic mass is 19.4. The van der Waals surface area contributed by atoms with Crippen LogP contribution in [-0.2, 0) is 28.7 Å². The van der Waals surface area contributed by atoms with Gasteiger partial charge in [0.15, 0.2) is 0 Å². The highest BCUT2D eigenvalue weighted by Crippen LogP contribution is 2.27. The maximum absolute atomic E-state index is 13.0. The Morgan fingerprint density at radius 2 is 2.00 bits per heavy atom. The third-order valence-corrected chi connectivity index (χ3v) is 6.19. The molecule has 1 atom stereocenters. The number of likely N-dealkylation sites (tertiary alicyclic amines) is 1. The number of aromatic nitrogens is 4. The molecule has 0 bridgehead atoms. The number of nitrogens with zero attached hydrogens (tertiary/aromatic N) is 5. The lowest BCUT2D eigenvalue weighted by atomic mass is 10.1. The monoisotopic (exact) mass is 489 g/mol. The van der Waals surface area contributed by atoms with Gasteiger partial charge in [0.05, 0.1) is 6.04 Å². The van der Waals surface area contributed by atoms with E-state index >= 15 is 0 Å². The fourth-order valence-electron chi connectivity index (χ4n) is 4.47. The number of hydrogen-bond acceptors (Lipinski definition) is 6. The molecule has 2 aromatic heterocycles. The van der Waals surface area contributed by atoms with E-state index in [0.717, 1.165) is 29.5 Å². The van der Waals surface area contributed by atoms with E-state index < -0.39 is 12.0 Å². The van der Waals surface area contributed by atoms with E-state index in [4.69, 9.17) is 5.73 Å². The topological polar surface area (TPSA) is 119 Å². The Bertz CT molecular complexity index is 1270. The Labute approximate surface area is 199 Å². The van der Waals surface area contributed by atoms with Gasteiger partial charge < -0.3 is 11.1 Å². The van der Waals surface area contributed by atoms with Crippen LogP contribution in [0.2, 0.25) is 0 Å². The maximum atomic E-state index is 13.0. The number of halogens is 3. The fourth-order valence-corrected chi connectivity index (χ4v) is 4.47. The second-order valence-electron chi connectivity index (χ2n) is 8.69. The molecule has 3 aromatic rings. The van der Waals surface area contributed by atoms with Crippen LogP contribution in [0.1, 0.15) is 47.6 Å². The number of amides is 2. The maximum Gasteiger partial charge on any atom is 0.453 e. The Balaban J connectivity index is 1.41. The van der Waals surface area contributed by atoms with Gasteiger partial charge in [0.1, 0.15) is 0 Å². The van der Waals surface area contributed by atoms with E-state index in [-0.39, 0.29) is 36.5 Å². The molecule has 12 heteroatoms. The van der Waals surface area contributed by atoms with Crippen molar-refractivity contribution >= 4 is 23.3 Å². The van der Waals surface area contributed by atoms with E-state index in [1.54, 1.807) is 19.9 Å². The molecule has 0 radical (unpaired) electrons. The molecule has 35 heavy (non-hydrogen) atoms. The van der Waals surface area contributed by atoms with Crippen molar-refractivity contribution in [3.05, 3.63) is 52.6 Å². The molecule has 0 aliphatic carbocycles. The number of primary amides is 1. The summed E-state index contributed by atoms with van der Waals surface area (Å²) in [4.78, 5) is 33.9. The van der Waals surface area contributed by atoms with Gasteiger partial charge in [-0.25, -0.2) is 9.50 Å². The summed E-state index contributed by atoms with van der Waals surface area (Å²) in [5, 5.41) is 6.39. The molecule has 1 aromatic carbocycles. The van der Waals surface area contributed by atoms with Crippen molar-refractivity contribution in [3.63, 3.8) is 0 Å². The van der Waals surface area contributed by atoms with Crippen LogP contribution in [0.15, 0.2) is 24.3 Å². The van der Waals surface area contributed by atoms with Gasteiger partial charge in [-0.05, 0) is 62.9 Å². The molecular weight excluding hydrogens is 463 g/mol. The summed E-state index contributed by atoms with van der Waals surface area (Å²) in [7, 11) is 0. The van der Waals surface area contributed by atoms with Gasteiger partial charge in [0.25, 0.3) is 11.6 Å². The normalized spacial score (nSPS) is 16.7. The van der Waals surface area contributed by atoms with Gasteiger partial charge in [-0.15, -0.1) is 5.10 Å². The first-order valence-electron chi connectivity index (χ1n) is 11.2. The molecular formula is C23H26F3N7O2. The number of carbonyl (C=O) groups excluding carboxylic acids is 2. The SMILES string of the molecule is Cc1nc2nc(C(F)(F)F)nn2c(C)c1CCC(=O)Nc1cccc(CN2CCCC2C(N)=O)c1. The van der Waals surface area contributed by atoms with Crippen molar-refractivity contribution < 1.29 is 22.8 Å². The van der Waals surface area contributed by atoms with E-state index in [1.807, 2.05) is 23.1 Å². The molecule has 0 saturated carbocycles. The highest BCUT2D eigenvalue weighted by molar-refractivity contribution is 5.91. The summed E-state index contributed by atoms with van der Waals surface area (Å²) in [6.07, 6.45) is -2.62. The number of nitrogens with one attached hydrogen (secondary N) is 1. The van der Waals surface area contributed by atoms with Gasteiger partial charge in [-0.3, -0.25) is 14.5 Å². The molecule has 1 aliphatic heterocycles. The average molecular weight is 490 g/mol. The number of aryl methyl sites for hydroxylation is 2. The van der Waals surface area contributed by atoms with Crippen LogP contribution in [0.25, 0.3) is 5.78 Å². The van der Waals surface area contributed by atoms with Crippen LogP contribution in [0.5, 0.6) is 0 Å². The molecule has 3 heterocycles. The van der Waals surface area contributed by atoms with Crippen LogP contribution in [0.4, 0.5) is 18.9 Å². The first kappa shape index (κ1) is 24.6. The molecule has 4 rings (SSSR count). The Hall–Kier alpha value is -3.54. The fraction of sp³-hybridized carbons (Fsp3) is 0.435. The van der Waals surface area contributed by atoms with E-state index in [9.17, 15) is 22.8 Å². The van der Waals surface area contributed by atoms with Crippen LogP contribution in [0.3, 0.4) is 0 Å². The Morgan fingerprint density at radius 3 is 2.71 bits per heavy atom. The quantitative estimate of drug-likeness (QED) is 0.527. The van der Waals surface area contributed by atoms with Crippen LogP contribution >= 0.6 is 0 Å². The number of carbonyl (C=O) groups is 2. The number of alkyl halides is 3. The lowest BCUT2D eigenvalue weighted by Crippen LogP contribution is -2.39. The van der Waals surface area contributed by atoms with Gasteiger partial charge in [-0.1, -0.05) is 12.1 Å². The second-order valence-corrected chi connectivity index (χ2v) is 8.69. The first-order valence-corrected chi connectivity index (χ1v) is 11.2. The summed E-state index contributed by atoms with van der Waals surface area (Å²) < 4.78 is 40.0. The Morgan fingerprint density at radius 1 is 1.23 bits per heavy atom.